The van der Waals surface area contributed by atoms with E-state index in [0.29, 0.717) is 0 Å². The monoisotopic (exact) mass is 183 g/mol. The number of anilines is 1. The molecule has 0 fully saturated rings. The molecule has 13 heavy (non-hydrogen) atoms. The van der Waals surface area contributed by atoms with Gasteiger partial charge in [-0.05, 0) is 12.1 Å². The molecule has 0 unspecified atom stereocenters. The maximum Gasteiger partial charge on any atom is 0.340 e. The molecule has 1 aromatic rings. The molecule has 1 rings (SSSR count). The van der Waals surface area contributed by atoms with Gasteiger partial charge in [0.2, 0.25) is 0 Å². The third-order valence-electron chi connectivity index (χ3n) is 1.48. The normalized spacial score (nSPS) is 9.54. The fourth-order valence-electron chi connectivity index (χ4n) is 0.842. The molecule has 0 atom stereocenters. The van der Waals surface area contributed by atoms with Gasteiger partial charge >= 0.3 is 11.7 Å². The van der Waals surface area contributed by atoms with E-state index in [4.69, 9.17) is 16.0 Å². The van der Waals surface area contributed by atoms with Crippen molar-refractivity contribution >= 4 is 17.3 Å². The van der Waals surface area contributed by atoms with Crippen LogP contribution in [0.1, 0.15) is 10.4 Å². The van der Waals surface area contributed by atoms with Crippen LogP contribution in [-0.2, 0) is 0 Å². The van der Waals surface area contributed by atoms with Crippen LogP contribution in [0, 0.1) is 4.91 Å². The lowest BCUT2D eigenvalue weighted by Gasteiger charge is -1.94. The van der Waals surface area contributed by atoms with Gasteiger partial charge in [-0.1, -0.05) is 0 Å². The molecule has 0 spiro atoms. The second kappa shape index (κ2) is 3.10. The topological polar surface area (TPSA) is 104 Å². The predicted octanol–water partition coefficient (Wildman–Crippen LogP) is 0.767. The van der Waals surface area contributed by atoms with Crippen LogP contribution >= 0.6 is 0 Å². The average molecular weight is 183 g/mol. The highest BCUT2D eigenvalue weighted by atomic mass is 16.6. The highest BCUT2D eigenvalue weighted by molar-refractivity contribution is 5.89. The summed E-state index contributed by atoms with van der Waals surface area (Å²) in [6, 6.07) is 3.47. The quantitative estimate of drug-likeness (QED) is 0.464. The first kappa shape index (κ1) is 8.98. The first-order valence-electron chi connectivity index (χ1n) is 3.31. The second-order valence-electron chi connectivity index (χ2n) is 2.35. The van der Waals surface area contributed by atoms with Gasteiger partial charge in [-0.15, -0.1) is 0 Å². The fraction of sp³-hybridized carbons (Fsp3) is 0. The number of nitrogens with two attached hydrogens (primary N) is 1. The molecular formula is C7H7N2O4+. The van der Waals surface area contributed by atoms with E-state index in [0.717, 1.165) is 6.07 Å². The Morgan fingerprint density at radius 1 is 1.46 bits per heavy atom. The van der Waals surface area contributed by atoms with E-state index in [2.05, 4.69) is 0 Å². The number of hydrogen-bond donors (Lipinski definition) is 3. The molecule has 0 saturated carbocycles. The number of nitrogen functional groups attached to an aromatic ring is 1. The third kappa shape index (κ3) is 1.73. The van der Waals surface area contributed by atoms with E-state index in [-0.39, 0.29) is 16.9 Å². The largest absolute Gasteiger partial charge is 0.478 e. The second-order valence-corrected chi connectivity index (χ2v) is 2.35. The molecule has 0 saturated heterocycles. The van der Waals surface area contributed by atoms with Crippen LogP contribution in [-0.4, -0.2) is 21.2 Å². The molecule has 0 aliphatic carbocycles. The van der Waals surface area contributed by atoms with Crippen molar-refractivity contribution in [2.45, 2.75) is 0 Å². The first-order chi connectivity index (χ1) is 6.02. The lowest BCUT2D eigenvalue weighted by molar-refractivity contribution is -0.729. The zero-order chi connectivity index (χ0) is 10.0. The van der Waals surface area contributed by atoms with E-state index < -0.39 is 10.9 Å². The van der Waals surface area contributed by atoms with Gasteiger partial charge in [0.1, 0.15) is 5.69 Å². The summed E-state index contributed by atoms with van der Waals surface area (Å²) in [6.45, 7) is 0. The Hall–Kier alpha value is -2.11. The zero-order valence-electron chi connectivity index (χ0n) is 6.47. The molecule has 0 aliphatic rings. The van der Waals surface area contributed by atoms with Crippen LogP contribution < -0.4 is 5.73 Å². The van der Waals surface area contributed by atoms with Crippen LogP contribution in [0.15, 0.2) is 18.2 Å². The van der Waals surface area contributed by atoms with Crippen LogP contribution in [0.2, 0.25) is 0 Å². The summed E-state index contributed by atoms with van der Waals surface area (Å²) >= 11 is 0. The Balaban J connectivity index is 3.27. The highest BCUT2D eigenvalue weighted by Crippen LogP contribution is 2.21. The van der Waals surface area contributed by atoms with E-state index in [1.807, 2.05) is 0 Å². The van der Waals surface area contributed by atoms with Gasteiger partial charge in [-0.25, -0.2) is 10.0 Å². The third-order valence-corrected chi connectivity index (χ3v) is 1.48. The van der Waals surface area contributed by atoms with Gasteiger partial charge in [0.05, 0.1) is 10.5 Å². The molecule has 6 nitrogen and oxygen atoms in total. The Kier molecular flexibility index (Phi) is 2.14. The van der Waals surface area contributed by atoms with Gasteiger partial charge < -0.3 is 10.8 Å². The minimum atomic E-state index is -1.19. The number of rotatable bonds is 2. The molecule has 0 radical (unpaired) electrons. The van der Waals surface area contributed by atoms with Crippen LogP contribution in [0.3, 0.4) is 0 Å². The van der Waals surface area contributed by atoms with Crippen molar-refractivity contribution in [1.82, 2.24) is 0 Å². The van der Waals surface area contributed by atoms with E-state index >= 15 is 0 Å². The van der Waals surface area contributed by atoms with E-state index in [1.165, 1.54) is 12.1 Å². The zero-order valence-corrected chi connectivity index (χ0v) is 6.47. The van der Waals surface area contributed by atoms with Crippen molar-refractivity contribution in [2.24, 2.45) is 0 Å². The molecule has 4 N–H and O–H groups in total. The summed E-state index contributed by atoms with van der Waals surface area (Å²) < 4.78 is 0. The molecule has 0 aliphatic heterocycles. The summed E-state index contributed by atoms with van der Waals surface area (Å²) in [5, 5.41) is 17.1. The highest BCUT2D eigenvalue weighted by Gasteiger charge is 2.19. The Morgan fingerprint density at radius 3 is 2.54 bits per heavy atom. The number of aromatic carboxylic acids is 1. The van der Waals surface area contributed by atoms with Crippen molar-refractivity contribution in [3.8, 4) is 0 Å². The molecule has 1 aromatic carbocycles. The Labute approximate surface area is 72.7 Å². The molecule has 0 bridgehead atoms. The van der Waals surface area contributed by atoms with Crippen molar-refractivity contribution < 1.29 is 20.0 Å². The summed E-state index contributed by atoms with van der Waals surface area (Å²) in [6.07, 6.45) is 0. The van der Waals surface area contributed by atoms with Crippen LogP contribution in [0.5, 0.6) is 0 Å². The Bertz CT molecular complexity index is 375. The molecule has 0 heterocycles. The van der Waals surface area contributed by atoms with Crippen LogP contribution in [0.25, 0.3) is 0 Å². The minimum absolute atomic E-state index is 0.0162. The standard InChI is InChI=1S/C7H6N2O4/c8-5-2-1-4(7(10)11)3-6(5)9(12)13/h1-3H,8H2,(H-,10,11,12,13)/p+1. The maximum absolute atomic E-state index is 10.4. The lowest BCUT2D eigenvalue weighted by Crippen LogP contribution is -2.02. The predicted molar refractivity (Wildman–Crippen MR) is 42.9 cm³/mol. The summed E-state index contributed by atoms with van der Waals surface area (Å²) in [5.41, 5.74) is 4.92. The summed E-state index contributed by atoms with van der Waals surface area (Å²) in [5.74, 6) is -1.19. The molecule has 0 amide bonds. The number of hydrogen-bond acceptors (Lipinski definition) is 3. The lowest BCUT2D eigenvalue weighted by atomic mass is 10.2. The van der Waals surface area contributed by atoms with Crippen LogP contribution in [0.4, 0.5) is 11.4 Å². The number of carboxylic acids is 1. The maximum atomic E-state index is 10.4. The molecule has 68 valence electrons. The smallest absolute Gasteiger partial charge is 0.340 e. The molecule has 6 heteroatoms. The van der Waals surface area contributed by atoms with E-state index in [9.17, 15) is 9.70 Å². The number of carbonyl (C=O) groups is 1. The van der Waals surface area contributed by atoms with Crippen molar-refractivity contribution in [3.63, 3.8) is 0 Å². The first-order valence-corrected chi connectivity index (χ1v) is 3.31. The summed E-state index contributed by atoms with van der Waals surface area (Å²) in [7, 11) is 0. The van der Waals surface area contributed by atoms with Gasteiger partial charge in [0.15, 0.2) is 0 Å². The molecular weight excluding hydrogens is 176 g/mol. The fourth-order valence-corrected chi connectivity index (χ4v) is 0.842. The number of carboxylic acid groups (broad SMARTS) is 1. The minimum Gasteiger partial charge on any atom is -0.478 e. The Morgan fingerprint density at radius 2 is 2.08 bits per heavy atom. The van der Waals surface area contributed by atoms with Gasteiger partial charge in [-0.2, -0.15) is 0 Å². The number of benzene rings is 1. The molecule has 0 aromatic heterocycles. The van der Waals surface area contributed by atoms with Crippen molar-refractivity contribution in [1.29, 1.82) is 0 Å². The van der Waals surface area contributed by atoms with Crippen molar-refractivity contribution in [3.05, 3.63) is 28.7 Å². The SMILES string of the molecule is Nc1ccc(C(=O)O)cc1[N+](=O)O. The van der Waals surface area contributed by atoms with Gasteiger partial charge in [-0.3, -0.25) is 0 Å². The van der Waals surface area contributed by atoms with Gasteiger partial charge in [0.25, 0.3) is 4.92 Å². The van der Waals surface area contributed by atoms with E-state index in [1.54, 1.807) is 0 Å². The summed E-state index contributed by atoms with van der Waals surface area (Å²) in [4.78, 5) is 20.4. The van der Waals surface area contributed by atoms with Crippen molar-refractivity contribution in [2.75, 3.05) is 5.73 Å². The average Bonchev–Trinajstić information content (AvgIpc) is 2.04. The van der Waals surface area contributed by atoms with Gasteiger partial charge in [0, 0.05) is 6.07 Å². The number of nitrogens with zero attached hydrogens (tertiary/aromatic N) is 1.